The minimum atomic E-state index is -4.79. The predicted molar refractivity (Wildman–Crippen MR) is 104 cm³/mol. The van der Waals surface area contributed by atoms with Gasteiger partial charge in [0, 0.05) is 5.39 Å². The number of carbonyl (C=O) groups is 2. The molecular formula is C17H11ClF7N5O2S. The standard InChI is InChI=1S/C17H11ClF7N5O2S/c1-4-2-5(17(23,24)25)27-16-7(4)9(12(33-16)15(26)32)28-6(31)3-30-11(14(21)22)8(18)10(29-30)13(19)20/h2,13-14H,3H2,1H3,(H2,26,32)(H,28,31). The molecule has 0 aliphatic heterocycles. The number of rotatable bonds is 6. The van der Waals surface area contributed by atoms with E-state index in [0.717, 1.165) is 0 Å². The van der Waals surface area contributed by atoms with E-state index in [-0.39, 0.29) is 31.0 Å². The third-order valence-corrected chi connectivity index (χ3v) is 5.79. The number of halogens is 8. The smallest absolute Gasteiger partial charge is 0.365 e. The summed E-state index contributed by atoms with van der Waals surface area (Å²) in [6, 6.07) is 0.687. The number of anilines is 1. The Balaban J connectivity index is 2.03. The molecule has 3 rings (SSSR count). The zero-order valence-electron chi connectivity index (χ0n) is 16.1. The van der Waals surface area contributed by atoms with E-state index >= 15 is 0 Å². The van der Waals surface area contributed by atoms with Gasteiger partial charge in [-0.15, -0.1) is 11.3 Å². The lowest BCUT2D eigenvalue weighted by molar-refractivity contribution is -0.141. The fourth-order valence-corrected chi connectivity index (χ4v) is 4.33. The van der Waals surface area contributed by atoms with E-state index in [1.54, 1.807) is 0 Å². The summed E-state index contributed by atoms with van der Waals surface area (Å²) < 4.78 is 91.9. The Morgan fingerprint density at radius 2 is 1.88 bits per heavy atom. The third-order valence-electron chi connectivity index (χ3n) is 4.30. The van der Waals surface area contributed by atoms with Crippen LogP contribution in [0.15, 0.2) is 6.07 Å². The summed E-state index contributed by atoms with van der Waals surface area (Å²) in [5.74, 6) is -2.21. The molecule has 178 valence electrons. The second-order valence-electron chi connectivity index (χ2n) is 6.56. The van der Waals surface area contributed by atoms with Crippen LogP contribution in [0.1, 0.15) is 45.2 Å². The molecular weight excluding hydrogens is 507 g/mol. The molecule has 0 spiro atoms. The van der Waals surface area contributed by atoms with E-state index in [1.807, 2.05) is 0 Å². The Hall–Kier alpha value is -2.94. The highest BCUT2D eigenvalue weighted by atomic mass is 35.5. The Morgan fingerprint density at radius 1 is 1.24 bits per heavy atom. The molecule has 0 bridgehead atoms. The van der Waals surface area contributed by atoms with Crippen LogP contribution in [0.3, 0.4) is 0 Å². The number of aryl methyl sites for hydroxylation is 1. The maximum absolute atomic E-state index is 13.3. The molecule has 0 atom stereocenters. The normalized spacial score (nSPS) is 12.2. The lowest BCUT2D eigenvalue weighted by atomic mass is 10.1. The summed E-state index contributed by atoms with van der Waals surface area (Å²) in [6.45, 7) is 0.248. The van der Waals surface area contributed by atoms with Gasteiger partial charge in [0.1, 0.15) is 33.3 Å². The van der Waals surface area contributed by atoms with Crippen molar-refractivity contribution in [2.75, 3.05) is 5.32 Å². The molecule has 3 aromatic rings. The van der Waals surface area contributed by atoms with E-state index < -0.39 is 59.5 Å². The van der Waals surface area contributed by atoms with Crippen molar-refractivity contribution in [3.05, 3.63) is 38.6 Å². The molecule has 0 unspecified atom stereocenters. The Morgan fingerprint density at radius 3 is 2.39 bits per heavy atom. The van der Waals surface area contributed by atoms with Crippen molar-refractivity contribution >= 4 is 50.7 Å². The number of fused-ring (bicyclic) bond motifs is 1. The number of amides is 2. The fourth-order valence-electron chi connectivity index (χ4n) is 2.98. The topological polar surface area (TPSA) is 103 Å². The van der Waals surface area contributed by atoms with E-state index in [1.165, 1.54) is 6.92 Å². The number of hydrogen-bond donors (Lipinski definition) is 2. The molecule has 3 heterocycles. The number of carbonyl (C=O) groups excluding carboxylic acids is 2. The first-order valence-electron chi connectivity index (χ1n) is 8.65. The molecule has 0 saturated heterocycles. The summed E-state index contributed by atoms with van der Waals surface area (Å²) in [4.78, 5) is 27.1. The molecule has 0 saturated carbocycles. The van der Waals surface area contributed by atoms with E-state index in [9.17, 15) is 40.3 Å². The van der Waals surface area contributed by atoms with Crippen molar-refractivity contribution in [3.63, 3.8) is 0 Å². The van der Waals surface area contributed by atoms with Crippen LogP contribution in [0.5, 0.6) is 0 Å². The summed E-state index contributed by atoms with van der Waals surface area (Å²) in [5, 5.41) is 4.40. The quantitative estimate of drug-likeness (QED) is 0.445. The van der Waals surface area contributed by atoms with Crippen molar-refractivity contribution in [3.8, 4) is 0 Å². The van der Waals surface area contributed by atoms with Crippen LogP contribution in [-0.2, 0) is 17.5 Å². The number of alkyl halides is 7. The number of thiophene rings is 1. The van der Waals surface area contributed by atoms with Crippen LogP contribution in [0.25, 0.3) is 10.2 Å². The number of nitrogens with one attached hydrogen (secondary N) is 1. The van der Waals surface area contributed by atoms with Gasteiger partial charge >= 0.3 is 6.18 Å². The minimum absolute atomic E-state index is 0.0123. The SMILES string of the molecule is Cc1cc(C(F)(F)F)nc2sc(C(N)=O)c(NC(=O)Cn3nc(C(F)F)c(Cl)c3C(F)F)c12. The molecule has 3 N–H and O–H groups in total. The van der Waals surface area contributed by atoms with Crippen LogP contribution in [-0.4, -0.2) is 26.6 Å². The van der Waals surface area contributed by atoms with Gasteiger partial charge in [0.05, 0.1) is 10.7 Å². The molecule has 0 aliphatic rings. The zero-order valence-corrected chi connectivity index (χ0v) is 17.7. The average Bonchev–Trinajstić information content (AvgIpc) is 3.19. The second kappa shape index (κ2) is 8.78. The van der Waals surface area contributed by atoms with E-state index in [0.29, 0.717) is 17.4 Å². The summed E-state index contributed by atoms with van der Waals surface area (Å²) in [7, 11) is 0. The van der Waals surface area contributed by atoms with E-state index in [2.05, 4.69) is 15.4 Å². The average molecular weight is 518 g/mol. The number of nitrogens with zero attached hydrogens (tertiary/aromatic N) is 3. The van der Waals surface area contributed by atoms with Crippen molar-refractivity contribution in [2.45, 2.75) is 32.5 Å². The maximum Gasteiger partial charge on any atom is 0.433 e. The molecule has 33 heavy (non-hydrogen) atoms. The van der Waals surface area contributed by atoms with Gasteiger partial charge in [-0.1, -0.05) is 11.6 Å². The van der Waals surface area contributed by atoms with Crippen molar-refractivity contribution in [1.29, 1.82) is 0 Å². The van der Waals surface area contributed by atoms with Crippen LogP contribution >= 0.6 is 22.9 Å². The van der Waals surface area contributed by atoms with Gasteiger partial charge in [0.2, 0.25) is 5.91 Å². The molecule has 0 aromatic carbocycles. The molecule has 0 fully saturated rings. The van der Waals surface area contributed by atoms with E-state index in [4.69, 9.17) is 17.3 Å². The van der Waals surface area contributed by atoms with Gasteiger partial charge in [-0.2, -0.15) is 18.3 Å². The molecule has 7 nitrogen and oxygen atoms in total. The van der Waals surface area contributed by atoms with Crippen LogP contribution in [0, 0.1) is 6.92 Å². The largest absolute Gasteiger partial charge is 0.433 e. The molecule has 0 aliphatic carbocycles. The molecule has 0 radical (unpaired) electrons. The summed E-state index contributed by atoms with van der Waals surface area (Å²) in [6.07, 6.45) is -11.4. The number of nitrogens with two attached hydrogens (primary N) is 1. The minimum Gasteiger partial charge on any atom is -0.365 e. The predicted octanol–water partition coefficient (Wildman–Crippen LogP) is 5.09. The second-order valence-corrected chi connectivity index (χ2v) is 7.94. The lowest BCUT2D eigenvalue weighted by Gasteiger charge is -2.11. The van der Waals surface area contributed by atoms with Gasteiger partial charge in [-0.05, 0) is 18.6 Å². The van der Waals surface area contributed by atoms with Crippen molar-refractivity contribution in [2.24, 2.45) is 5.73 Å². The highest BCUT2D eigenvalue weighted by molar-refractivity contribution is 7.21. The summed E-state index contributed by atoms with van der Waals surface area (Å²) >= 11 is 6.01. The highest BCUT2D eigenvalue weighted by Gasteiger charge is 2.34. The zero-order chi connectivity index (χ0) is 24.8. The van der Waals surface area contributed by atoms with Gasteiger partial charge in [0.25, 0.3) is 18.8 Å². The van der Waals surface area contributed by atoms with Crippen molar-refractivity contribution < 1.29 is 40.3 Å². The number of primary amides is 1. The first-order chi connectivity index (χ1) is 15.2. The molecule has 2 amide bonds. The molecule has 3 aromatic heterocycles. The fraction of sp³-hybridized carbons (Fsp3) is 0.294. The monoisotopic (exact) mass is 517 g/mol. The van der Waals surface area contributed by atoms with Crippen LogP contribution in [0.2, 0.25) is 5.02 Å². The number of pyridine rings is 1. The van der Waals surface area contributed by atoms with Gasteiger partial charge in [0.15, 0.2) is 0 Å². The first kappa shape index (κ1) is 24.7. The summed E-state index contributed by atoms with van der Waals surface area (Å²) in [5.41, 5.74) is 1.43. The first-order valence-corrected chi connectivity index (χ1v) is 9.85. The molecule has 16 heteroatoms. The van der Waals surface area contributed by atoms with Crippen molar-refractivity contribution in [1.82, 2.24) is 14.8 Å². The number of aromatic nitrogens is 3. The third kappa shape index (κ3) is 4.73. The lowest BCUT2D eigenvalue weighted by Crippen LogP contribution is -2.23. The number of hydrogen-bond acceptors (Lipinski definition) is 5. The van der Waals surface area contributed by atoms with Gasteiger partial charge in [-0.25, -0.2) is 22.5 Å². The van der Waals surface area contributed by atoms with Gasteiger partial charge < -0.3 is 11.1 Å². The Labute approximate surface area is 188 Å². The Kier molecular flexibility index (Phi) is 6.57. The Bertz CT molecular complexity index is 1260. The van der Waals surface area contributed by atoms with Crippen LogP contribution < -0.4 is 11.1 Å². The van der Waals surface area contributed by atoms with Crippen LogP contribution in [0.4, 0.5) is 36.4 Å². The highest BCUT2D eigenvalue weighted by Crippen LogP contribution is 2.40. The van der Waals surface area contributed by atoms with Gasteiger partial charge in [-0.3, -0.25) is 14.3 Å². The maximum atomic E-state index is 13.3.